The molecule has 1 saturated carbocycles. The number of hydrogen-bond acceptors (Lipinski definition) is 6. The van der Waals surface area contributed by atoms with Crippen LogP contribution in [-0.4, -0.2) is 59.8 Å². The highest BCUT2D eigenvalue weighted by molar-refractivity contribution is 7.58. The maximum Gasteiger partial charge on any atom is 0.239 e. The van der Waals surface area contributed by atoms with Crippen LogP contribution in [0.5, 0.6) is 0 Å². The number of carbonyl (C=O) groups is 1. The number of amides is 1. The molecule has 0 spiro atoms. The lowest BCUT2D eigenvalue weighted by Crippen LogP contribution is -2.49. The molecule has 1 fully saturated rings. The van der Waals surface area contributed by atoms with Crippen LogP contribution >= 0.6 is 7.37 Å². The zero-order chi connectivity index (χ0) is 16.8. The van der Waals surface area contributed by atoms with Crippen molar-refractivity contribution in [2.45, 2.75) is 62.9 Å². The maximum atomic E-state index is 12.5. The minimum atomic E-state index is -2.74. The summed E-state index contributed by atoms with van der Waals surface area (Å²) in [6.07, 6.45) is 3.21. The third-order valence-corrected chi connectivity index (χ3v) is 6.60. The van der Waals surface area contributed by atoms with E-state index in [0.717, 1.165) is 25.7 Å². The largest absolute Gasteiger partial charge is 0.391 e. The Morgan fingerprint density at radius 1 is 1.36 bits per heavy atom. The predicted octanol–water partition coefficient (Wildman–Crippen LogP) is 0.429. The van der Waals surface area contributed by atoms with Crippen molar-refractivity contribution in [3.8, 4) is 0 Å². The average Bonchev–Trinajstić information content (AvgIpc) is 2.50. The summed E-state index contributed by atoms with van der Waals surface area (Å²) in [5.74, 6) is -0.541. The Morgan fingerprint density at radius 2 is 1.95 bits per heavy atom. The van der Waals surface area contributed by atoms with Gasteiger partial charge in [0, 0.05) is 18.9 Å². The molecule has 0 radical (unpaired) electrons. The molecule has 1 aliphatic carbocycles. The topological polar surface area (TPSA) is 122 Å². The van der Waals surface area contributed by atoms with Crippen LogP contribution in [0, 0.1) is 0 Å². The van der Waals surface area contributed by atoms with E-state index >= 15 is 0 Å². The summed E-state index contributed by atoms with van der Waals surface area (Å²) in [6, 6.07) is -1.03. The highest BCUT2D eigenvalue weighted by Crippen LogP contribution is 2.53. The van der Waals surface area contributed by atoms with Crippen LogP contribution in [0.15, 0.2) is 0 Å². The summed E-state index contributed by atoms with van der Waals surface area (Å²) >= 11 is 0. The first-order valence-electron chi connectivity index (χ1n) is 7.85. The number of carbonyl (C=O) groups excluding carboxylic acids is 1. The van der Waals surface area contributed by atoms with Gasteiger partial charge in [0.2, 0.25) is 13.3 Å². The van der Waals surface area contributed by atoms with Crippen LogP contribution in [0.1, 0.15) is 39.0 Å². The fraction of sp³-hybridized carbons (Fsp3) is 0.929. The molecule has 2 unspecified atom stereocenters. The SMILES string of the molecule is CC(O)[C@H](N)C(=O)NC[C@@H](O)COP(C)(=O)C1CCCCC1. The van der Waals surface area contributed by atoms with Gasteiger partial charge in [-0.25, -0.2) is 0 Å². The molecule has 4 atom stereocenters. The molecule has 8 heteroatoms. The van der Waals surface area contributed by atoms with Gasteiger partial charge in [-0.15, -0.1) is 0 Å². The van der Waals surface area contributed by atoms with Crippen LogP contribution in [0.25, 0.3) is 0 Å². The van der Waals surface area contributed by atoms with Gasteiger partial charge in [-0.05, 0) is 19.8 Å². The van der Waals surface area contributed by atoms with Gasteiger partial charge in [0.25, 0.3) is 0 Å². The average molecular weight is 336 g/mol. The van der Waals surface area contributed by atoms with E-state index in [1.807, 2.05) is 0 Å². The summed E-state index contributed by atoms with van der Waals surface area (Å²) in [7, 11) is -2.74. The summed E-state index contributed by atoms with van der Waals surface area (Å²) < 4.78 is 18.0. The van der Waals surface area contributed by atoms with E-state index in [9.17, 15) is 19.6 Å². The van der Waals surface area contributed by atoms with E-state index in [0.29, 0.717) is 0 Å². The number of nitrogens with one attached hydrogen (secondary N) is 1. The number of nitrogens with two attached hydrogens (primary N) is 1. The number of rotatable bonds is 8. The van der Waals surface area contributed by atoms with Gasteiger partial charge in [-0.2, -0.15) is 0 Å². The smallest absolute Gasteiger partial charge is 0.239 e. The molecule has 0 bridgehead atoms. The van der Waals surface area contributed by atoms with Crippen molar-refractivity contribution in [2.75, 3.05) is 19.8 Å². The van der Waals surface area contributed by atoms with E-state index in [4.69, 9.17) is 10.3 Å². The lowest BCUT2D eigenvalue weighted by molar-refractivity contribution is -0.125. The first-order valence-corrected chi connectivity index (χ1v) is 9.99. The van der Waals surface area contributed by atoms with E-state index in [-0.39, 0.29) is 18.8 Å². The van der Waals surface area contributed by atoms with Gasteiger partial charge in [-0.1, -0.05) is 19.3 Å². The third-order valence-electron chi connectivity index (χ3n) is 4.10. The van der Waals surface area contributed by atoms with Crippen molar-refractivity contribution < 1.29 is 24.1 Å². The van der Waals surface area contributed by atoms with E-state index in [2.05, 4.69) is 5.32 Å². The fourth-order valence-electron chi connectivity index (χ4n) is 2.50. The Morgan fingerprint density at radius 3 is 2.50 bits per heavy atom. The molecule has 0 aliphatic heterocycles. The van der Waals surface area contributed by atoms with Crippen molar-refractivity contribution in [2.24, 2.45) is 5.73 Å². The highest BCUT2D eigenvalue weighted by atomic mass is 31.2. The standard InChI is InChI=1S/C14H29N2O5P/c1-10(17)13(15)14(19)16-8-11(18)9-21-22(2,20)12-6-4-3-5-7-12/h10-13,17-18H,3-9,15H2,1-2H3,(H,16,19)/t10?,11-,13+,22?/m1/s1. The minimum Gasteiger partial charge on any atom is -0.391 e. The second-order valence-corrected chi connectivity index (χ2v) is 8.97. The Balaban J connectivity index is 2.31. The Labute approximate surface area is 132 Å². The lowest BCUT2D eigenvalue weighted by atomic mass is 10.0. The number of aliphatic hydroxyl groups excluding tert-OH is 2. The fourth-order valence-corrected chi connectivity index (χ4v) is 4.49. The van der Waals surface area contributed by atoms with Gasteiger partial charge >= 0.3 is 0 Å². The molecule has 22 heavy (non-hydrogen) atoms. The molecule has 7 nitrogen and oxygen atoms in total. The Bertz CT molecular complexity index is 399. The van der Waals surface area contributed by atoms with Crippen LogP contribution < -0.4 is 11.1 Å². The second kappa shape index (κ2) is 8.99. The first-order chi connectivity index (χ1) is 10.2. The van der Waals surface area contributed by atoms with E-state index in [1.165, 1.54) is 13.3 Å². The first kappa shape index (κ1) is 19.6. The molecule has 1 aliphatic rings. The number of hydrogen-bond donors (Lipinski definition) is 4. The Hall–Kier alpha value is -0.460. The van der Waals surface area contributed by atoms with Crippen LogP contribution in [-0.2, 0) is 13.9 Å². The maximum absolute atomic E-state index is 12.5. The van der Waals surface area contributed by atoms with Gasteiger partial charge in [0.15, 0.2) is 0 Å². The highest BCUT2D eigenvalue weighted by Gasteiger charge is 2.31. The van der Waals surface area contributed by atoms with Gasteiger partial charge in [-0.3, -0.25) is 9.36 Å². The molecule has 130 valence electrons. The monoisotopic (exact) mass is 336 g/mol. The molecule has 1 rings (SSSR count). The summed E-state index contributed by atoms with van der Waals surface area (Å²) in [6.45, 7) is 2.90. The summed E-state index contributed by atoms with van der Waals surface area (Å²) in [5, 5.41) is 21.5. The quantitative estimate of drug-likeness (QED) is 0.477. The van der Waals surface area contributed by atoms with Gasteiger partial charge in [0.1, 0.15) is 6.04 Å². The van der Waals surface area contributed by atoms with Crippen molar-refractivity contribution in [1.29, 1.82) is 0 Å². The molecular weight excluding hydrogens is 307 g/mol. The zero-order valence-corrected chi connectivity index (χ0v) is 14.3. The van der Waals surface area contributed by atoms with Crippen molar-refractivity contribution in [1.82, 2.24) is 5.32 Å². The molecule has 0 heterocycles. The van der Waals surface area contributed by atoms with Crippen LogP contribution in [0.4, 0.5) is 0 Å². The van der Waals surface area contributed by atoms with Gasteiger partial charge in [0.05, 0.1) is 18.8 Å². The molecule has 0 aromatic carbocycles. The van der Waals surface area contributed by atoms with Gasteiger partial charge < -0.3 is 25.8 Å². The van der Waals surface area contributed by atoms with E-state index < -0.39 is 31.5 Å². The number of aliphatic hydroxyl groups is 2. The lowest BCUT2D eigenvalue weighted by Gasteiger charge is -2.28. The van der Waals surface area contributed by atoms with Crippen molar-refractivity contribution in [3.63, 3.8) is 0 Å². The summed E-state index contributed by atoms with van der Waals surface area (Å²) in [4.78, 5) is 11.5. The zero-order valence-electron chi connectivity index (χ0n) is 13.4. The van der Waals surface area contributed by atoms with Crippen molar-refractivity contribution in [3.05, 3.63) is 0 Å². The molecule has 0 aromatic heterocycles. The minimum absolute atomic E-state index is 0.0517. The molecular formula is C14H29N2O5P. The molecule has 0 aromatic rings. The summed E-state index contributed by atoms with van der Waals surface area (Å²) in [5.41, 5.74) is 5.54. The van der Waals surface area contributed by atoms with Crippen LogP contribution in [0.3, 0.4) is 0 Å². The predicted molar refractivity (Wildman–Crippen MR) is 85.0 cm³/mol. The molecule has 0 saturated heterocycles. The Kier molecular flexibility index (Phi) is 8.00. The van der Waals surface area contributed by atoms with Crippen LogP contribution in [0.2, 0.25) is 0 Å². The normalized spacial score (nSPS) is 23.3. The van der Waals surface area contributed by atoms with Crippen molar-refractivity contribution >= 4 is 13.3 Å². The molecule has 5 N–H and O–H groups in total. The third kappa shape index (κ3) is 6.34. The second-order valence-electron chi connectivity index (χ2n) is 6.16. The van der Waals surface area contributed by atoms with E-state index in [1.54, 1.807) is 6.66 Å². The molecule has 1 amide bonds.